The van der Waals surface area contributed by atoms with Crippen molar-refractivity contribution in [2.24, 2.45) is 0 Å². The summed E-state index contributed by atoms with van der Waals surface area (Å²) < 4.78 is 19.6. The molecule has 0 fully saturated rings. The quantitative estimate of drug-likeness (QED) is 0.777. The number of hydrogen-bond acceptors (Lipinski definition) is 7. The molecule has 0 aromatic heterocycles. The lowest BCUT2D eigenvalue weighted by Crippen LogP contribution is -2.14. The molecule has 1 amide bonds. The van der Waals surface area contributed by atoms with Crippen LogP contribution < -0.4 is 14.8 Å². The third kappa shape index (κ3) is 4.75. The lowest BCUT2D eigenvalue weighted by molar-refractivity contribution is 0.0599. The first-order valence-electron chi connectivity index (χ1n) is 7.78. The van der Waals surface area contributed by atoms with Crippen molar-refractivity contribution in [2.45, 2.75) is 0 Å². The first-order chi connectivity index (χ1) is 12.9. The fourth-order valence-electron chi connectivity index (χ4n) is 2.31. The third-order valence-corrected chi connectivity index (χ3v) is 3.65. The lowest BCUT2D eigenvalue weighted by Gasteiger charge is -2.11. The van der Waals surface area contributed by atoms with E-state index in [9.17, 15) is 14.4 Å². The Morgan fingerprint density at radius 2 is 1.15 bits per heavy atom. The van der Waals surface area contributed by atoms with Gasteiger partial charge in [0.2, 0.25) is 0 Å². The van der Waals surface area contributed by atoms with E-state index in [1.165, 1.54) is 58.8 Å². The molecule has 0 atom stereocenters. The molecule has 0 bridgehead atoms. The van der Waals surface area contributed by atoms with Gasteiger partial charge in [0, 0.05) is 17.3 Å². The Kier molecular flexibility index (Phi) is 6.37. The maximum Gasteiger partial charge on any atom is 0.337 e. The van der Waals surface area contributed by atoms with Gasteiger partial charge in [-0.3, -0.25) is 4.79 Å². The molecule has 0 aliphatic heterocycles. The van der Waals surface area contributed by atoms with Crippen LogP contribution in [0, 0.1) is 0 Å². The van der Waals surface area contributed by atoms with E-state index in [4.69, 9.17) is 9.47 Å². The van der Waals surface area contributed by atoms with Crippen molar-refractivity contribution in [3.05, 3.63) is 53.1 Å². The number of carbonyl (C=O) groups is 3. The number of ether oxygens (including phenoxy) is 4. The predicted octanol–water partition coefficient (Wildman–Crippen LogP) is 2.53. The molecule has 8 heteroatoms. The van der Waals surface area contributed by atoms with Crippen LogP contribution in [-0.4, -0.2) is 46.3 Å². The van der Waals surface area contributed by atoms with Gasteiger partial charge in [0.1, 0.15) is 11.5 Å². The van der Waals surface area contributed by atoms with Crippen LogP contribution in [0.1, 0.15) is 31.1 Å². The third-order valence-electron chi connectivity index (χ3n) is 3.65. The summed E-state index contributed by atoms with van der Waals surface area (Å²) in [6.45, 7) is 0. The number of benzene rings is 2. The van der Waals surface area contributed by atoms with Crippen LogP contribution in [0.25, 0.3) is 0 Å². The first-order valence-corrected chi connectivity index (χ1v) is 7.78. The minimum absolute atomic E-state index is 0.0962. The van der Waals surface area contributed by atoms with E-state index in [0.717, 1.165) is 0 Å². The van der Waals surface area contributed by atoms with Gasteiger partial charge < -0.3 is 24.3 Å². The Labute approximate surface area is 156 Å². The zero-order chi connectivity index (χ0) is 20.0. The molecule has 2 aromatic carbocycles. The largest absolute Gasteiger partial charge is 0.497 e. The highest BCUT2D eigenvalue weighted by Gasteiger charge is 2.16. The van der Waals surface area contributed by atoms with Gasteiger partial charge in [-0.2, -0.15) is 0 Å². The number of esters is 2. The summed E-state index contributed by atoms with van der Waals surface area (Å²) in [5.74, 6) is -0.903. The van der Waals surface area contributed by atoms with Gasteiger partial charge in [-0.05, 0) is 30.3 Å². The Morgan fingerprint density at radius 1 is 0.667 bits per heavy atom. The van der Waals surface area contributed by atoms with E-state index in [0.29, 0.717) is 11.5 Å². The Balaban J connectivity index is 2.39. The van der Waals surface area contributed by atoms with E-state index in [-0.39, 0.29) is 22.4 Å². The number of hydrogen-bond donors (Lipinski definition) is 1. The summed E-state index contributed by atoms with van der Waals surface area (Å²) in [4.78, 5) is 36.3. The second kappa shape index (κ2) is 8.70. The van der Waals surface area contributed by atoms with E-state index in [1.807, 2.05) is 0 Å². The molecule has 8 nitrogen and oxygen atoms in total. The Morgan fingerprint density at radius 3 is 1.56 bits per heavy atom. The SMILES string of the molecule is COC(=O)c1cc(NC(=O)c2cc(OC)cc(OC)c2)cc(C(=O)OC)c1. The van der Waals surface area contributed by atoms with Crippen molar-refractivity contribution in [1.82, 2.24) is 0 Å². The normalized spacial score (nSPS) is 9.93. The molecular formula is C19H19NO7. The smallest absolute Gasteiger partial charge is 0.337 e. The number of anilines is 1. The summed E-state index contributed by atoms with van der Waals surface area (Å²) in [6, 6.07) is 8.81. The number of carbonyl (C=O) groups excluding carboxylic acids is 3. The number of methoxy groups -OCH3 is 4. The second-order valence-corrected chi connectivity index (χ2v) is 5.34. The lowest BCUT2D eigenvalue weighted by atomic mass is 10.1. The maximum atomic E-state index is 12.6. The number of rotatable bonds is 6. The summed E-state index contributed by atoms with van der Waals surface area (Å²) in [7, 11) is 5.37. The van der Waals surface area contributed by atoms with Crippen molar-refractivity contribution in [3.8, 4) is 11.5 Å². The van der Waals surface area contributed by atoms with Crippen LogP contribution in [0.15, 0.2) is 36.4 Å². The molecule has 2 rings (SSSR count). The molecule has 2 aromatic rings. The van der Waals surface area contributed by atoms with Gasteiger partial charge in [0.15, 0.2) is 0 Å². The van der Waals surface area contributed by atoms with Crippen LogP contribution >= 0.6 is 0 Å². The molecule has 1 N–H and O–H groups in total. The van der Waals surface area contributed by atoms with Crippen molar-refractivity contribution in [3.63, 3.8) is 0 Å². The van der Waals surface area contributed by atoms with Crippen LogP contribution in [0.3, 0.4) is 0 Å². The summed E-state index contributed by atoms with van der Waals surface area (Å²) in [5, 5.41) is 2.63. The van der Waals surface area contributed by atoms with Gasteiger partial charge in [-0.25, -0.2) is 9.59 Å². The van der Waals surface area contributed by atoms with Gasteiger partial charge in [-0.15, -0.1) is 0 Å². The van der Waals surface area contributed by atoms with E-state index >= 15 is 0 Å². The summed E-state index contributed by atoms with van der Waals surface area (Å²) in [5.41, 5.74) is 0.692. The first kappa shape index (κ1) is 19.8. The van der Waals surface area contributed by atoms with Crippen LogP contribution in [0.4, 0.5) is 5.69 Å². The zero-order valence-electron chi connectivity index (χ0n) is 15.3. The summed E-state index contributed by atoms with van der Waals surface area (Å²) >= 11 is 0. The van der Waals surface area contributed by atoms with Gasteiger partial charge in [0.25, 0.3) is 5.91 Å². The highest BCUT2D eigenvalue weighted by atomic mass is 16.5. The van der Waals surface area contributed by atoms with Crippen LogP contribution in [-0.2, 0) is 9.47 Å². The fraction of sp³-hybridized carbons (Fsp3) is 0.211. The van der Waals surface area contributed by atoms with Crippen molar-refractivity contribution < 1.29 is 33.3 Å². The molecule has 0 spiro atoms. The number of nitrogens with one attached hydrogen (secondary N) is 1. The highest BCUT2D eigenvalue weighted by molar-refractivity contribution is 6.06. The van der Waals surface area contributed by atoms with Crippen LogP contribution in [0.2, 0.25) is 0 Å². The van der Waals surface area contributed by atoms with E-state index in [2.05, 4.69) is 14.8 Å². The average molecular weight is 373 g/mol. The monoisotopic (exact) mass is 373 g/mol. The highest BCUT2D eigenvalue weighted by Crippen LogP contribution is 2.24. The van der Waals surface area contributed by atoms with Gasteiger partial charge >= 0.3 is 11.9 Å². The minimum atomic E-state index is -0.653. The molecule has 0 aliphatic rings. The van der Waals surface area contributed by atoms with Gasteiger partial charge in [-0.1, -0.05) is 0 Å². The molecule has 0 unspecified atom stereocenters. The zero-order valence-corrected chi connectivity index (χ0v) is 15.3. The van der Waals surface area contributed by atoms with Crippen molar-refractivity contribution in [1.29, 1.82) is 0 Å². The fourth-order valence-corrected chi connectivity index (χ4v) is 2.31. The van der Waals surface area contributed by atoms with Crippen molar-refractivity contribution in [2.75, 3.05) is 33.8 Å². The molecule has 0 saturated carbocycles. The van der Waals surface area contributed by atoms with E-state index in [1.54, 1.807) is 6.07 Å². The molecule has 0 saturated heterocycles. The maximum absolute atomic E-state index is 12.6. The Bertz CT molecular complexity index is 820. The molecule has 0 radical (unpaired) electrons. The Hall–Kier alpha value is -3.55. The topological polar surface area (TPSA) is 100 Å². The van der Waals surface area contributed by atoms with E-state index < -0.39 is 17.8 Å². The molecule has 0 aliphatic carbocycles. The van der Waals surface area contributed by atoms with Crippen LogP contribution in [0.5, 0.6) is 11.5 Å². The minimum Gasteiger partial charge on any atom is -0.497 e. The second-order valence-electron chi connectivity index (χ2n) is 5.34. The molecular weight excluding hydrogens is 354 g/mol. The van der Waals surface area contributed by atoms with Gasteiger partial charge in [0.05, 0.1) is 39.6 Å². The molecule has 27 heavy (non-hydrogen) atoms. The number of amides is 1. The summed E-state index contributed by atoms with van der Waals surface area (Å²) in [6.07, 6.45) is 0. The standard InChI is InChI=1S/C19H19NO7/c1-24-15-8-11(9-16(10-15)25-2)17(21)20-14-6-12(18(22)26-3)5-13(7-14)19(23)27-4/h5-10H,1-4H3,(H,20,21). The molecule has 142 valence electrons. The molecule has 0 heterocycles. The predicted molar refractivity (Wildman–Crippen MR) is 96.6 cm³/mol. The average Bonchev–Trinajstić information content (AvgIpc) is 2.71. The van der Waals surface area contributed by atoms with Crippen molar-refractivity contribution >= 4 is 23.5 Å².